The molecule has 2 aromatic carbocycles. The van der Waals surface area contributed by atoms with Crippen molar-refractivity contribution in [1.29, 1.82) is 0 Å². The molecule has 0 amide bonds. The van der Waals surface area contributed by atoms with Crippen LogP contribution in [0.4, 0.5) is 5.82 Å². The molecule has 3 heterocycles. The van der Waals surface area contributed by atoms with E-state index in [4.69, 9.17) is 5.10 Å². The van der Waals surface area contributed by atoms with Gasteiger partial charge in [0, 0.05) is 62.4 Å². The lowest BCUT2D eigenvalue weighted by atomic mass is 10.1. The van der Waals surface area contributed by atoms with Crippen molar-refractivity contribution in [2.45, 2.75) is 20.4 Å². The van der Waals surface area contributed by atoms with Crippen LogP contribution in [0.5, 0.6) is 0 Å². The zero-order chi connectivity index (χ0) is 21.9. The maximum atomic E-state index is 5.01. The Hall–Kier alpha value is -3.51. The number of rotatable bonds is 5. The van der Waals surface area contributed by atoms with E-state index in [0.29, 0.717) is 0 Å². The predicted molar refractivity (Wildman–Crippen MR) is 128 cm³/mol. The molecule has 0 aliphatic carbocycles. The van der Waals surface area contributed by atoms with E-state index in [1.165, 1.54) is 22.3 Å². The third kappa shape index (κ3) is 4.41. The molecule has 0 radical (unpaired) electrons. The fourth-order valence-electron chi connectivity index (χ4n) is 4.22. The number of piperazine rings is 1. The highest BCUT2D eigenvalue weighted by Gasteiger charge is 2.21. The molecule has 4 aromatic rings. The molecule has 1 fully saturated rings. The molecule has 0 spiro atoms. The summed E-state index contributed by atoms with van der Waals surface area (Å²) in [5, 5.41) is 5.01. The largest absolute Gasteiger partial charge is 0.353 e. The third-order valence-electron chi connectivity index (χ3n) is 6.02. The van der Waals surface area contributed by atoms with Gasteiger partial charge >= 0.3 is 0 Å². The summed E-state index contributed by atoms with van der Waals surface area (Å²) < 4.78 is 2.02. The lowest BCUT2D eigenvalue weighted by molar-refractivity contribution is 0.249. The van der Waals surface area contributed by atoms with Gasteiger partial charge < -0.3 is 4.90 Å². The molecule has 5 rings (SSSR count). The minimum absolute atomic E-state index is 0.878. The number of aryl methyl sites for hydroxylation is 2. The summed E-state index contributed by atoms with van der Waals surface area (Å²) in [6, 6.07) is 17.1. The Labute approximate surface area is 189 Å². The van der Waals surface area contributed by atoms with Crippen LogP contribution in [0.1, 0.15) is 16.7 Å². The van der Waals surface area contributed by atoms with Crippen molar-refractivity contribution in [3.8, 4) is 16.9 Å². The van der Waals surface area contributed by atoms with Gasteiger partial charge in [-0.3, -0.25) is 9.88 Å². The molecule has 32 heavy (non-hydrogen) atoms. The van der Waals surface area contributed by atoms with Gasteiger partial charge in [0.15, 0.2) is 0 Å². The quantitative estimate of drug-likeness (QED) is 0.479. The summed E-state index contributed by atoms with van der Waals surface area (Å²) >= 11 is 0. The van der Waals surface area contributed by atoms with Gasteiger partial charge in [-0.05, 0) is 32.0 Å². The van der Waals surface area contributed by atoms with Gasteiger partial charge in [-0.2, -0.15) is 5.10 Å². The zero-order valence-corrected chi connectivity index (χ0v) is 18.6. The molecule has 1 aliphatic rings. The van der Waals surface area contributed by atoms with E-state index in [9.17, 15) is 0 Å². The van der Waals surface area contributed by atoms with Gasteiger partial charge in [-0.1, -0.05) is 41.5 Å². The fourth-order valence-corrected chi connectivity index (χ4v) is 4.22. The van der Waals surface area contributed by atoms with Crippen LogP contribution >= 0.6 is 0 Å². The second-order valence-electron chi connectivity index (χ2n) is 8.48. The van der Waals surface area contributed by atoms with Crippen molar-refractivity contribution in [1.82, 2.24) is 24.6 Å². The first kappa shape index (κ1) is 20.4. The minimum atomic E-state index is 0.878. The van der Waals surface area contributed by atoms with Crippen molar-refractivity contribution < 1.29 is 0 Å². The lowest BCUT2D eigenvalue weighted by Crippen LogP contribution is -2.46. The molecule has 0 saturated carbocycles. The summed E-state index contributed by atoms with van der Waals surface area (Å²) in [5.41, 5.74) is 7.07. The molecule has 2 aromatic heterocycles. The highest BCUT2D eigenvalue weighted by Crippen LogP contribution is 2.26. The summed E-state index contributed by atoms with van der Waals surface area (Å²) in [6.45, 7) is 8.99. The normalized spacial score (nSPS) is 14.6. The summed E-state index contributed by atoms with van der Waals surface area (Å²) in [4.78, 5) is 13.5. The van der Waals surface area contributed by atoms with E-state index in [2.05, 4.69) is 88.3 Å². The second-order valence-corrected chi connectivity index (χ2v) is 8.48. The fraction of sp³-hybridized carbons (Fsp3) is 0.269. The van der Waals surface area contributed by atoms with Crippen molar-refractivity contribution in [3.63, 3.8) is 0 Å². The summed E-state index contributed by atoms with van der Waals surface area (Å²) in [5.74, 6) is 0.958. The highest BCUT2D eigenvalue weighted by atomic mass is 15.3. The van der Waals surface area contributed by atoms with Crippen LogP contribution in [0.25, 0.3) is 16.9 Å². The van der Waals surface area contributed by atoms with Crippen LogP contribution in [0.3, 0.4) is 0 Å². The summed E-state index contributed by atoms with van der Waals surface area (Å²) in [6.07, 6.45) is 7.52. The average molecular weight is 425 g/mol. The molecule has 6 heteroatoms. The predicted octanol–water partition coefficient (Wildman–Crippen LogP) is 4.27. The Morgan fingerprint density at radius 2 is 1.69 bits per heavy atom. The van der Waals surface area contributed by atoms with E-state index in [1.807, 2.05) is 10.9 Å². The van der Waals surface area contributed by atoms with Gasteiger partial charge in [0.2, 0.25) is 0 Å². The molecule has 0 bridgehead atoms. The van der Waals surface area contributed by atoms with Gasteiger partial charge in [-0.25, -0.2) is 9.67 Å². The molecule has 6 nitrogen and oxygen atoms in total. The van der Waals surface area contributed by atoms with Crippen LogP contribution < -0.4 is 4.90 Å². The average Bonchev–Trinajstić information content (AvgIpc) is 3.24. The zero-order valence-electron chi connectivity index (χ0n) is 18.6. The lowest BCUT2D eigenvalue weighted by Gasteiger charge is -2.35. The molecule has 1 aliphatic heterocycles. The van der Waals surface area contributed by atoms with Crippen LogP contribution in [0, 0.1) is 13.8 Å². The third-order valence-corrected chi connectivity index (χ3v) is 6.02. The Bertz CT molecular complexity index is 1170. The first-order valence-electron chi connectivity index (χ1n) is 11.1. The standard InChI is InChI=1S/C26H28N6/c1-20-6-8-24(9-7-20)32-19-23(26(29-32)22-5-3-4-21(2)16-22)18-30-12-14-31(15-13-30)25-17-27-10-11-28-25/h3-11,16-17,19H,12-15,18H2,1-2H3. The van der Waals surface area contributed by atoms with Crippen LogP contribution in [-0.2, 0) is 6.54 Å². The number of hydrogen-bond acceptors (Lipinski definition) is 5. The number of nitrogens with zero attached hydrogens (tertiary/aromatic N) is 6. The first-order valence-corrected chi connectivity index (χ1v) is 11.1. The van der Waals surface area contributed by atoms with Gasteiger partial charge in [0.25, 0.3) is 0 Å². The molecular weight excluding hydrogens is 396 g/mol. The number of aromatic nitrogens is 4. The van der Waals surface area contributed by atoms with Gasteiger partial charge in [0.05, 0.1) is 17.6 Å². The van der Waals surface area contributed by atoms with Crippen LogP contribution in [-0.4, -0.2) is 50.8 Å². The maximum absolute atomic E-state index is 5.01. The molecular formula is C26H28N6. The van der Waals surface area contributed by atoms with Crippen LogP contribution in [0.15, 0.2) is 73.3 Å². The monoisotopic (exact) mass is 424 g/mol. The van der Waals surface area contributed by atoms with Gasteiger partial charge in [-0.15, -0.1) is 0 Å². The van der Waals surface area contributed by atoms with E-state index in [-0.39, 0.29) is 0 Å². The van der Waals surface area contributed by atoms with E-state index < -0.39 is 0 Å². The number of hydrogen-bond donors (Lipinski definition) is 0. The molecule has 0 atom stereocenters. The van der Waals surface area contributed by atoms with Crippen molar-refractivity contribution in [3.05, 3.63) is 90.0 Å². The first-order chi connectivity index (χ1) is 15.7. The highest BCUT2D eigenvalue weighted by molar-refractivity contribution is 5.64. The second kappa shape index (κ2) is 8.93. The van der Waals surface area contributed by atoms with Crippen LogP contribution in [0.2, 0.25) is 0 Å². The van der Waals surface area contributed by atoms with E-state index >= 15 is 0 Å². The Kier molecular flexibility index (Phi) is 5.69. The maximum Gasteiger partial charge on any atom is 0.147 e. The molecule has 0 N–H and O–H groups in total. The molecule has 1 saturated heterocycles. The number of anilines is 1. The minimum Gasteiger partial charge on any atom is -0.353 e. The Morgan fingerprint density at radius 3 is 2.41 bits per heavy atom. The topological polar surface area (TPSA) is 50.1 Å². The molecule has 162 valence electrons. The smallest absolute Gasteiger partial charge is 0.147 e. The van der Waals surface area contributed by atoms with Gasteiger partial charge in [0.1, 0.15) is 5.82 Å². The Balaban J connectivity index is 1.39. The van der Waals surface area contributed by atoms with Crippen molar-refractivity contribution in [2.24, 2.45) is 0 Å². The van der Waals surface area contributed by atoms with E-state index in [0.717, 1.165) is 49.9 Å². The van der Waals surface area contributed by atoms with Crippen molar-refractivity contribution in [2.75, 3.05) is 31.1 Å². The summed E-state index contributed by atoms with van der Waals surface area (Å²) in [7, 11) is 0. The molecule has 0 unspecified atom stereocenters. The Morgan fingerprint density at radius 1 is 0.875 bits per heavy atom. The van der Waals surface area contributed by atoms with E-state index in [1.54, 1.807) is 12.4 Å². The number of benzene rings is 2. The van der Waals surface area contributed by atoms with Crippen molar-refractivity contribution >= 4 is 5.82 Å². The SMILES string of the molecule is Cc1ccc(-n2cc(CN3CCN(c4cnccn4)CC3)c(-c3cccc(C)c3)n2)cc1.